The fourth-order valence-electron chi connectivity index (χ4n) is 0.116. The summed E-state index contributed by atoms with van der Waals surface area (Å²) in [4.78, 5) is 9.97. The molecule has 4 heteroatoms. The van der Waals surface area contributed by atoms with Crippen LogP contribution in [0, 0.1) is 0 Å². The topological polar surface area (TPSA) is 26.3 Å². The molecule has 0 saturated carbocycles. The van der Waals surface area contributed by atoms with Gasteiger partial charge in [0.25, 0.3) is 0 Å². The molecule has 2 nitrogen and oxygen atoms in total. The Hall–Kier alpha value is 0.0500. The molecule has 0 rings (SSSR count). The minimum atomic E-state index is -0.489. The van der Waals surface area contributed by atoms with Gasteiger partial charge in [-0.2, -0.15) is 0 Å². The molecule has 0 aliphatic heterocycles. The van der Waals surface area contributed by atoms with E-state index in [4.69, 9.17) is 11.6 Å². The Balaban J connectivity index is 3.00. The van der Waals surface area contributed by atoms with E-state index >= 15 is 0 Å². The number of halogens is 2. The molecule has 0 bridgehead atoms. The number of rotatable bonds is 2. The van der Waals surface area contributed by atoms with Crippen LogP contribution in [0.2, 0.25) is 0 Å². The highest BCUT2D eigenvalue weighted by atomic mass is 35.5. The third-order valence-corrected chi connectivity index (χ3v) is 0.746. The minimum Gasteiger partial charge on any atom is -0.348 e. The van der Waals surface area contributed by atoms with Gasteiger partial charge in [-0.3, -0.25) is 4.79 Å². The molecule has 0 aliphatic carbocycles. The van der Waals surface area contributed by atoms with Crippen molar-refractivity contribution in [2.24, 2.45) is 0 Å². The summed E-state index contributed by atoms with van der Waals surface area (Å²) in [7, 11) is 0. The Morgan fingerprint density at radius 1 is 1.71 bits per heavy atom. The van der Waals surface area contributed by atoms with Gasteiger partial charge in [0.05, 0.1) is 6.42 Å². The number of hydrogen-bond acceptors (Lipinski definition) is 2. The maximum Gasteiger partial charge on any atom is 0.325 e. The summed E-state index contributed by atoms with van der Waals surface area (Å²) in [6.07, 6.45) is 0.172. The third-order valence-electron chi connectivity index (χ3n) is 0.385. The average molecular weight is 143 g/mol. The summed E-state index contributed by atoms with van der Waals surface area (Å²) in [5.41, 5.74) is 0. The number of hydrogen-bond donors (Lipinski definition) is 0. The van der Waals surface area contributed by atoms with Crippen molar-refractivity contribution in [3.8, 4) is 0 Å². The van der Waals surface area contributed by atoms with Crippen LogP contribution >= 0.6 is 23.5 Å². The van der Waals surface area contributed by atoms with Crippen molar-refractivity contribution >= 4 is 29.4 Å². The maximum atomic E-state index is 9.97. The zero-order valence-corrected chi connectivity index (χ0v) is 5.00. The van der Waals surface area contributed by atoms with E-state index < -0.39 is 5.97 Å². The van der Waals surface area contributed by atoms with E-state index in [0.29, 0.717) is 0 Å². The van der Waals surface area contributed by atoms with Gasteiger partial charge in [-0.15, -0.1) is 11.6 Å². The van der Waals surface area contributed by atoms with Crippen LogP contribution in [0.25, 0.3) is 0 Å². The summed E-state index contributed by atoms with van der Waals surface area (Å²) in [6.45, 7) is 0. The van der Waals surface area contributed by atoms with Crippen LogP contribution in [0.3, 0.4) is 0 Å². The van der Waals surface area contributed by atoms with E-state index in [9.17, 15) is 4.79 Å². The Labute approximate surface area is 51.5 Å². The molecule has 0 aromatic heterocycles. The lowest BCUT2D eigenvalue weighted by Gasteiger charge is -1.85. The fraction of sp³-hybridized carbons (Fsp3) is 0.667. The van der Waals surface area contributed by atoms with E-state index in [-0.39, 0.29) is 12.3 Å². The second-order valence-corrected chi connectivity index (χ2v) is 1.42. The summed E-state index contributed by atoms with van der Waals surface area (Å²) in [5.74, 6) is -0.234. The highest BCUT2D eigenvalue weighted by Gasteiger charge is 1.96. The Morgan fingerprint density at radius 2 is 2.29 bits per heavy atom. The van der Waals surface area contributed by atoms with Crippen molar-refractivity contribution in [1.82, 2.24) is 0 Å². The smallest absolute Gasteiger partial charge is 0.325 e. The molecule has 42 valence electrons. The second-order valence-electron chi connectivity index (χ2n) is 0.888. The molecule has 0 atom stereocenters. The maximum absolute atomic E-state index is 9.97. The van der Waals surface area contributed by atoms with Crippen molar-refractivity contribution in [2.75, 3.05) is 5.88 Å². The molecule has 0 saturated heterocycles. The summed E-state index contributed by atoms with van der Waals surface area (Å²) < 4.78 is 3.74. The van der Waals surface area contributed by atoms with Crippen molar-refractivity contribution in [2.45, 2.75) is 6.42 Å². The Kier molecular flexibility index (Phi) is 4.25. The van der Waals surface area contributed by atoms with Gasteiger partial charge in [-0.05, 0) is 0 Å². The normalized spacial score (nSPS) is 8.29. The van der Waals surface area contributed by atoms with Gasteiger partial charge in [0, 0.05) is 5.88 Å². The SMILES string of the molecule is O=C(CCCl)OCl. The predicted molar refractivity (Wildman–Crippen MR) is 27.3 cm³/mol. The highest BCUT2D eigenvalue weighted by Crippen LogP contribution is 1.90. The molecule has 0 aromatic rings. The molecular weight excluding hydrogens is 139 g/mol. The minimum absolute atomic E-state index is 0.172. The first-order valence-corrected chi connectivity index (χ1v) is 2.53. The van der Waals surface area contributed by atoms with Crippen LogP contribution in [0.4, 0.5) is 0 Å². The van der Waals surface area contributed by atoms with Crippen molar-refractivity contribution in [1.29, 1.82) is 0 Å². The van der Waals surface area contributed by atoms with Gasteiger partial charge in [0.1, 0.15) is 11.9 Å². The third kappa shape index (κ3) is 3.89. The van der Waals surface area contributed by atoms with E-state index in [0.717, 1.165) is 0 Å². The first kappa shape index (κ1) is 7.05. The molecule has 0 radical (unpaired) electrons. The summed E-state index contributed by atoms with van der Waals surface area (Å²) >= 11 is 9.74. The average Bonchev–Trinajstić information content (AvgIpc) is 1.68. The van der Waals surface area contributed by atoms with Crippen molar-refractivity contribution in [3.63, 3.8) is 0 Å². The molecule has 0 heterocycles. The lowest BCUT2D eigenvalue weighted by atomic mass is 10.5. The fourth-order valence-corrected chi connectivity index (χ4v) is 0.347. The van der Waals surface area contributed by atoms with Crippen LogP contribution in [-0.4, -0.2) is 11.8 Å². The summed E-state index contributed by atoms with van der Waals surface area (Å²) in [5, 5.41) is 0. The predicted octanol–water partition coefficient (Wildman–Crippen LogP) is 1.31. The zero-order chi connectivity index (χ0) is 5.70. The first-order valence-electron chi connectivity index (χ1n) is 1.68. The highest BCUT2D eigenvalue weighted by molar-refractivity contribution is 6.19. The molecular formula is C3H4Cl2O2. The van der Waals surface area contributed by atoms with Gasteiger partial charge >= 0.3 is 5.97 Å². The van der Waals surface area contributed by atoms with Crippen LogP contribution in [0.5, 0.6) is 0 Å². The monoisotopic (exact) mass is 142 g/mol. The number of carbonyl (C=O) groups excluding carboxylic acids is 1. The van der Waals surface area contributed by atoms with Crippen LogP contribution in [-0.2, 0) is 9.08 Å². The Morgan fingerprint density at radius 3 is 2.43 bits per heavy atom. The van der Waals surface area contributed by atoms with E-state index in [2.05, 4.69) is 16.2 Å². The molecule has 0 amide bonds. The van der Waals surface area contributed by atoms with Gasteiger partial charge in [0.2, 0.25) is 0 Å². The van der Waals surface area contributed by atoms with Gasteiger partial charge < -0.3 is 4.29 Å². The largest absolute Gasteiger partial charge is 0.348 e. The van der Waals surface area contributed by atoms with E-state index in [1.54, 1.807) is 0 Å². The lowest BCUT2D eigenvalue weighted by Crippen LogP contribution is -1.95. The molecule has 0 spiro atoms. The lowest BCUT2D eigenvalue weighted by molar-refractivity contribution is -0.133. The molecule has 0 aliphatic rings. The Bertz CT molecular complexity index is 64.0. The van der Waals surface area contributed by atoms with Crippen molar-refractivity contribution in [3.05, 3.63) is 0 Å². The van der Waals surface area contributed by atoms with Crippen LogP contribution in [0.1, 0.15) is 6.42 Å². The van der Waals surface area contributed by atoms with Crippen molar-refractivity contribution < 1.29 is 9.08 Å². The molecule has 0 N–H and O–H groups in total. The van der Waals surface area contributed by atoms with E-state index in [1.807, 2.05) is 0 Å². The molecule has 7 heavy (non-hydrogen) atoms. The van der Waals surface area contributed by atoms with Crippen LogP contribution < -0.4 is 0 Å². The second kappa shape index (κ2) is 4.22. The van der Waals surface area contributed by atoms with Gasteiger partial charge in [-0.25, -0.2) is 0 Å². The van der Waals surface area contributed by atoms with Crippen LogP contribution in [0.15, 0.2) is 0 Å². The van der Waals surface area contributed by atoms with Gasteiger partial charge in [-0.1, -0.05) is 0 Å². The molecule has 0 unspecified atom stereocenters. The number of alkyl halides is 1. The zero-order valence-electron chi connectivity index (χ0n) is 3.49. The molecule has 0 fully saturated rings. The first-order chi connectivity index (χ1) is 3.31. The summed E-state index contributed by atoms with van der Waals surface area (Å²) in [6, 6.07) is 0. The van der Waals surface area contributed by atoms with E-state index in [1.165, 1.54) is 0 Å². The quantitative estimate of drug-likeness (QED) is 0.544. The van der Waals surface area contributed by atoms with Gasteiger partial charge in [0.15, 0.2) is 0 Å². The molecule has 0 aromatic carbocycles. The number of carbonyl (C=O) groups is 1. The standard InChI is InChI=1S/C3H4Cl2O2/c4-2-1-3(6)7-5/h1-2H2.